The zero-order valence-electron chi connectivity index (χ0n) is 17.8. The van der Waals surface area contributed by atoms with Crippen LogP contribution in [0.25, 0.3) is 0 Å². The summed E-state index contributed by atoms with van der Waals surface area (Å²) in [7, 11) is 0. The minimum atomic E-state index is 0.458. The quantitative estimate of drug-likeness (QED) is 0.245. The van der Waals surface area contributed by atoms with Crippen molar-refractivity contribution in [3.63, 3.8) is 0 Å². The number of benzene rings is 1. The molecule has 27 heavy (non-hydrogen) atoms. The SMILES string of the molecule is NCCCCCCCCCCCCCCCCCCCc1ccccc1O. The molecule has 0 spiro atoms. The molecular formula is C25H45NO. The van der Waals surface area contributed by atoms with Gasteiger partial charge in [0.1, 0.15) is 5.75 Å². The Hall–Kier alpha value is -1.02. The van der Waals surface area contributed by atoms with Crippen molar-refractivity contribution in [2.24, 2.45) is 5.73 Å². The van der Waals surface area contributed by atoms with Gasteiger partial charge < -0.3 is 10.8 Å². The number of phenols is 1. The highest BCUT2D eigenvalue weighted by Crippen LogP contribution is 2.19. The summed E-state index contributed by atoms with van der Waals surface area (Å²) < 4.78 is 0. The molecule has 3 N–H and O–H groups in total. The summed E-state index contributed by atoms with van der Waals surface area (Å²) in [6, 6.07) is 7.74. The lowest BCUT2D eigenvalue weighted by atomic mass is 10.0. The van der Waals surface area contributed by atoms with Crippen molar-refractivity contribution in [1.29, 1.82) is 0 Å². The summed E-state index contributed by atoms with van der Waals surface area (Å²) >= 11 is 0. The van der Waals surface area contributed by atoms with E-state index in [1.807, 2.05) is 18.2 Å². The van der Waals surface area contributed by atoms with Crippen molar-refractivity contribution in [3.05, 3.63) is 29.8 Å². The third-order valence-corrected chi connectivity index (χ3v) is 5.64. The minimum absolute atomic E-state index is 0.458. The maximum absolute atomic E-state index is 9.75. The summed E-state index contributed by atoms with van der Waals surface area (Å²) in [5, 5.41) is 9.75. The molecule has 0 amide bonds. The molecule has 0 aromatic heterocycles. The predicted octanol–water partition coefficient (Wildman–Crippen LogP) is 7.53. The van der Waals surface area contributed by atoms with Crippen LogP contribution >= 0.6 is 0 Å². The fourth-order valence-electron chi connectivity index (χ4n) is 3.83. The lowest BCUT2D eigenvalue weighted by molar-refractivity contribution is 0.465. The Morgan fingerprint density at radius 3 is 1.30 bits per heavy atom. The second kappa shape index (κ2) is 18.3. The molecule has 156 valence electrons. The van der Waals surface area contributed by atoms with Crippen LogP contribution in [-0.4, -0.2) is 11.7 Å². The molecule has 0 aliphatic rings. The van der Waals surface area contributed by atoms with Crippen LogP contribution in [-0.2, 0) is 6.42 Å². The first-order valence-electron chi connectivity index (χ1n) is 11.8. The summed E-state index contributed by atoms with van der Waals surface area (Å²) in [5.74, 6) is 0.458. The van der Waals surface area contributed by atoms with E-state index in [1.54, 1.807) is 6.07 Å². The van der Waals surface area contributed by atoms with E-state index in [0.717, 1.165) is 18.5 Å². The van der Waals surface area contributed by atoms with Crippen LogP contribution in [0.4, 0.5) is 0 Å². The van der Waals surface area contributed by atoms with Crippen LogP contribution in [0.2, 0.25) is 0 Å². The Balaban J connectivity index is 1.73. The molecule has 1 aromatic carbocycles. The van der Waals surface area contributed by atoms with Crippen LogP contribution in [0, 0.1) is 0 Å². The Morgan fingerprint density at radius 2 is 0.889 bits per heavy atom. The van der Waals surface area contributed by atoms with E-state index in [-0.39, 0.29) is 0 Å². The van der Waals surface area contributed by atoms with Gasteiger partial charge in [-0.3, -0.25) is 0 Å². The lowest BCUT2D eigenvalue weighted by Gasteiger charge is -2.05. The fraction of sp³-hybridized carbons (Fsp3) is 0.760. The van der Waals surface area contributed by atoms with Crippen LogP contribution in [0.1, 0.15) is 115 Å². The molecule has 0 aliphatic heterocycles. The van der Waals surface area contributed by atoms with E-state index in [4.69, 9.17) is 5.73 Å². The van der Waals surface area contributed by atoms with E-state index in [1.165, 1.54) is 109 Å². The zero-order chi connectivity index (χ0) is 19.4. The summed E-state index contributed by atoms with van der Waals surface area (Å²) in [6.45, 7) is 0.861. The number of phenolic OH excluding ortho intramolecular Hbond substituents is 1. The molecule has 0 saturated carbocycles. The number of rotatable bonds is 19. The first-order chi connectivity index (χ1) is 13.3. The standard InChI is InChI=1S/C25H45NO/c26-23-19-15-13-11-9-7-5-3-1-2-4-6-8-10-12-14-16-20-24-21-17-18-22-25(24)27/h17-18,21-22,27H,1-16,19-20,23,26H2. The molecule has 1 rings (SSSR count). The minimum Gasteiger partial charge on any atom is -0.508 e. The summed E-state index contributed by atoms with van der Waals surface area (Å²) in [4.78, 5) is 0. The number of para-hydroxylation sites is 1. The normalized spacial score (nSPS) is 11.1. The molecule has 0 saturated heterocycles. The van der Waals surface area contributed by atoms with Gasteiger partial charge in [0, 0.05) is 0 Å². The maximum atomic E-state index is 9.75. The smallest absolute Gasteiger partial charge is 0.118 e. The molecule has 0 fully saturated rings. The average Bonchev–Trinajstić information content (AvgIpc) is 2.68. The Morgan fingerprint density at radius 1 is 0.519 bits per heavy atom. The Kier molecular flexibility index (Phi) is 16.3. The van der Waals surface area contributed by atoms with E-state index in [0.29, 0.717) is 5.75 Å². The summed E-state index contributed by atoms with van der Waals surface area (Å²) in [6.07, 6.45) is 24.4. The first-order valence-corrected chi connectivity index (χ1v) is 11.8. The molecule has 0 heterocycles. The molecular weight excluding hydrogens is 330 g/mol. The van der Waals surface area contributed by atoms with E-state index in [9.17, 15) is 5.11 Å². The molecule has 0 aliphatic carbocycles. The first kappa shape index (κ1) is 24.0. The largest absolute Gasteiger partial charge is 0.508 e. The number of hydrogen-bond donors (Lipinski definition) is 2. The van der Waals surface area contributed by atoms with Crippen LogP contribution in [0.3, 0.4) is 0 Å². The topological polar surface area (TPSA) is 46.2 Å². The van der Waals surface area contributed by atoms with Gasteiger partial charge in [0.2, 0.25) is 0 Å². The molecule has 0 unspecified atom stereocenters. The third-order valence-electron chi connectivity index (χ3n) is 5.64. The molecule has 2 heteroatoms. The van der Waals surface area contributed by atoms with Gasteiger partial charge in [-0.1, -0.05) is 115 Å². The number of nitrogens with two attached hydrogens (primary N) is 1. The number of aryl methyl sites for hydroxylation is 1. The van der Waals surface area contributed by atoms with Gasteiger partial charge in [-0.25, -0.2) is 0 Å². The Bertz CT molecular complexity index is 432. The van der Waals surface area contributed by atoms with E-state index >= 15 is 0 Å². The number of unbranched alkanes of at least 4 members (excludes halogenated alkanes) is 16. The van der Waals surface area contributed by atoms with Crippen LogP contribution in [0.5, 0.6) is 5.75 Å². The highest BCUT2D eigenvalue weighted by Gasteiger charge is 1.99. The van der Waals surface area contributed by atoms with Crippen molar-refractivity contribution in [2.75, 3.05) is 6.54 Å². The molecule has 0 bridgehead atoms. The number of aromatic hydroxyl groups is 1. The number of hydrogen-bond acceptors (Lipinski definition) is 2. The van der Waals surface area contributed by atoms with Gasteiger partial charge in [-0.05, 0) is 37.4 Å². The Labute approximate surface area is 168 Å². The fourth-order valence-corrected chi connectivity index (χ4v) is 3.83. The second-order valence-electron chi connectivity index (χ2n) is 8.18. The van der Waals surface area contributed by atoms with E-state index in [2.05, 4.69) is 0 Å². The van der Waals surface area contributed by atoms with Gasteiger partial charge >= 0.3 is 0 Å². The van der Waals surface area contributed by atoms with Crippen molar-refractivity contribution in [2.45, 2.75) is 116 Å². The molecule has 0 radical (unpaired) electrons. The van der Waals surface area contributed by atoms with Gasteiger partial charge in [0.15, 0.2) is 0 Å². The molecule has 0 atom stereocenters. The van der Waals surface area contributed by atoms with Crippen molar-refractivity contribution < 1.29 is 5.11 Å². The van der Waals surface area contributed by atoms with Crippen LogP contribution in [0.15, 0.2) is 24.3 Å². The van der Waals surface area contributed by atoms with Gasteiger partial charge in [-0.15, -0.1) is 0 Å². The lowest BCUT2D eigenvalue weighted by Crippen LogP contribution is -1.97. The van der Waals surface area contributed by atoms with Crippen molar-refractivity contribution >= 4 is 0 Å². The van der Waals surface area contributed by atoms with Crippen LogP contribution < -0.4 is 5.73 Å². The van der Waals surface area contributed by atoms with Crippen molar-refractivity contribution in [1.82, 2.24) is 0 Å². The van der Waals surface area contributed by atoms with E-state index < -0.39 is 0 Å². The second-order valence-corrected chi connectivity index (χ2v) is 8.18. The highest BCUT2D eigenvalue weighted by atomic mass is 16.3. The monoisotopic (exact) mass is 375 g/mol. The maximum Gasteiger partial charge on any atom is 0.118 e. The van der Waals surface area contributed by atoms with Gasteiger partial charge in [0.25, 0.3) is 0 Å². The van der Waals surface area contributed by atoms with Gasteiger partial charge in [-0.2, -0.15) is 0 Å². The molecule has 2 nitrogen and oxygen atoms in total. The predicted molar refractivity (Wildman–Crippen MR) is 119 cm³/mol. The third kappa shape index (κ3) is 14.7. The van der Waals surface area contributed by atoms with Gasteiger partial charge in [0.05, 0.1) is 0 Å². The average molecular weight is 376 g/mol. The molecule has 1 aromatic rings. The van der Waals surface area contributed by atoms with Crippen molar-refractivity contribution in [3.8, 4) is 5.75 Å². The zero-order valence-corrected chi connectivity index (χ0v) is 17.8. The summed E-state index contributed by atoms with van der Waals surface area (Å²) in [5.41, 5.74) is 6.61. The highest BCUT2D eigenvalue weighted by molar-refractivity contribution is 5.31.